The first kappa shape index (κ1) is 15.8. The highest BCUT2D eigenvalue weighted by Gasteiger charge is 2.28. The molecule has 0 radical (unpaired) electrons. The molecule has 0 aromatic heterocycles. The van der Waals surface area contributed by atoms with E-state index >= 15 is 0 Å². The van der Waals surface area contributed by atoms with Gasteiger partial charge in [-0.2, -0.15) is 0 Å². The van der Waals surface area contributed by atoms with Gasteiger partial charge in [-0.05, 0) is 18.1 Å². The lowest BCUT2D eigenvalue weighted by atomic mass is 9.93. The quantitative estimate of drug-likeness (QED) is 0.261. The third kappa shape index (κ3) is 3.19. The minimum absolute atomic E-state index is 0.348. The number of rotatable bonds is 4. The van der Waals surface area contributed by atoms with Crippen LogP contribution in [0.15, 0.2) is 17.3 Å². The van der Waals surface area contributed by atoms with E-state index in [2.05, 4.69) is 10.5 Å². The fraction of sp³-hybridized carbons (Fsp3) is 0.333. The fourth-order valence-electron chi connectivity index (χ4n) is 1.67. The molecular weight excluding hydrogens is 275 g/mol. The molecule has 1 unspecified atom stereocenters. The second-order valence-corrected chi connectivity index (χ2v) is 4.46. The number of hydrogen-bond donors (Lipinski definition) is 3. The molecule has 1 atom stereocenters. The average molecular weight is 289 g/mol. The molecule has 8 heteroatoms. The van der Waals surface area contributed by atoms with Crippen molar-refractivity contribution in [2.45, 2.75) is 13.8 Å². The number of amidine groups is 1. The maximum atomic E-state index is 13.4. The van der Waals surface area contributed by atoms with Crippen molar-refractivity contribution in [1.29, 1.82) is 0 Å². The number of carbonyl (C=O) groups excluding carboxylic acids is 1. The summed E-state index contributed by atoms with van der Waals surface area (Å²) in [6.07, 6.45) is 0. The highest BCUT2D eigenvalue weighted by Crippen LogP contribution is 2.21. The van der Waals surface area contributed by atoms with Gasteiger partial charge in [0.15, 0.2) is 23.3 Å². The summed E-state index contributed by atoms with van der Waals surface area (Å²) in [7, 11) is 0. The monoisotopic (exact) mass is 289 g/mol. The molecule has 1 aromatic rings. The van der Waals surface area contributed by atoms with Crippen LogP contribution < -0.4 is 11.1 Å². The normalized spacial score (nSPS) is 13.4. The van der Waals surface area contributed by atoms with Crippen molar-refractivity contribution >= 4 is 17.4 Å². The Morgan fingerprint density at radius 3 is 2.40 bits per heavy atom. The zero-order valence-corrected chi connectivity index (χ0v) is 10.8. The Labute approximate surface area is 113 Å². The van der Waals surface area contributed by atoms with Crippen molar-refractivity contribution in [3.63, 3.8) is 0 Å². The zero-order valence-electron chi connectivity index (χ0n) is 10.8. The molecule has 0 aliphatic rings. The van der Waals surface area contributed by atoms with Crippen LogP contribution in [0, 0.1) is 29.3 Å². The van der Waals surface area contributed by atoms with Gasteiger partial charge in [-0.3, -0.25) is 4.79 Å². The molecule has 0 heterocycles. The Balaban J connectivity index is 3.03. The van der Waals surface area contributed by atoms with Gasteiger partial charge in [0.25, 0.3) is 0 Å². The van der Waals surface area contributed by atoms with Crippen molar-refractivity contribution in [1.82, 2.24) is 0 Å². The average Bonchev–Trinajstić information content (AvgIpc) is 2.39. The summed E-state index contributed by atoms with van der Waals surface area (Å²) in [5.74, 6) is -7.10. The van der Waals surface area contributed by atoms with E-state index in [-0.39, 0.29) is 11.8 Å². The van der Waals surface area contributed by atoms with E-state index < -0.39 is 35.0 Å². The van der Waals surface area contributed by atoms with Gasteiger partial charge in [-0.25, -0.2) is 13.2 Å². The molecule has 0 aliphatic heterocycles. The van der Waals surface area contributed by atoms with Crippen LogP contribution >= 0.6 is 0 Å². The lowest BCUT2D eigenvalue weighted by Gasteiger charge is -2.19. The molecule has 5 nitrogen and oxygen atoms in total. The molecule has 0 aliphatic carbocycles. The summed E-state index contributed by atoms with van der Waals surface area (Å²) < 4.78 is 39.2. The van der Waals surface area contributed by atoms with Gasteiger partial charge < -0.3 is 16.3 Å². The van der Waals surface area contributed by atoms with Gasteiger partial charge in [-0.15, -0.1) is 0 Å². The topological polar surface area (TPSA) is 87.7 Å². The summed E-state index contributed by atoms with van der Waals surface area (Å²) in [5.41, 5.74) is 4.85. The van der Waals surface area contributed by atoms with Gasteiger partial charge in [0.2, 0.25) is 5.91 Å². The van der Waals surface area contributed by atoms with Crippen molar-refractivity contribution < 1.29 is 23.2 Å². The van der Waals surface area contributed by atoms with Crippen LogP contribution in [-0.4, -0.2) is 17.0 Å². The predicted molar refractivity (Wildman–Crippen MR) is 66.7 cm³/mol. The van der Waals surface area contributed by atoms with Gasteiger partial charge in [0.05, 0.1) is 5.69 Å². The number of nitrogens with two attached hydrogens (primary N) is 1. The predicted octanol–water partition coefficient (Wildman–Crippen LogP) is 2.06. The van der Waals surface area contributed by atoms with Crippen LogP contribution in [0.3, 0.4) is 0 Å². The second kappa shape index (κ2) is 6.27. The maximum absolute atomic E-state index is 13.4. The molecule has 0 bridgehead atoms. The number of oxime groups is 1. The molecule has 110 valence electrons. The van der Waals surface area contributed by atoms with Crippen molar-refractivity contribution in [3.05, 3.63) is 29.6 Å². The Kier molecular flexibility index (Phi) is 4.95. The Morgan fingerprint density at radius 2 is 1.90 bits per heavy atom. The molecular formula is C12H14F3N3O2. The van der Waals surface area contributed by atoms with E-state index in [1.54, 1.807) is 13.8 Å². The first-order chi connectivity index (χ1) is 9.29. The van der Waals surface area contributed by atoms with Gasteiger partial charge in [0, 0.05) is 0 Å². The fourth-order valence-corrected chi connectivity index (χ4v) is 1.67. The first-order valence-corrected chi connectivity index (χ1v) is 5.71. The van der Waals surface area contributed by atoms with Crippen LogP contribution in [0.25, 0.3) is 0 Å². The minimum Gasteiger partial charge on any atom is -0.409 e. The molecule has 1 amide bonds. The molecule has 0 saturated carbocycles. The van der Waals surface area contributed by atoms with E-state index in [1.165, 1.54) is 0 Å². The third-order valence-corrected chi connectivity index (χ3v) is 2.68. The number of carbonyl (C=O) groups is 1. The molecule has 1 aromatic carbocycles. The maximum Gasteiger partial charge on any atom is 0.235 e. The third-order valence-electron chi connectivity index (χ3n) is 2.68. The van der Waals surface area contributed by atoms with E-state index in [0.717, 1.165) is 6.07 Å². The van der Waals surface area contributed by atoms with Crippen molar-refractivity contribution in [3.8, 4) is 0 Å². The van der Waals surface area contributed by atoms with Crippen LogP contribution in [0.2, 0.25) is 0 Å². The summed E-state index contributed by atoms with van der Waals surface area (Å²) in [4.78, 5) is 11.9. The van der Waals surface area contributed by atoms with E-state index in [4.69, 9.17) is 10.9 Å². The summed E-state index contributed by atoms with van der Waals surface area (Å²) in [6.45, 7) is 3.26. The number of amides is 1. The Bertz CT molecular complexity index is 547. The number of nitrogens with zero attached hydrogens (tertiary/aromatic N) is 1. The van der Waals surface area contributed by atoms with E-state index in [0.29, 0.717) is 6.07 Å². The van der Waals surface area contributed by atoms with Gasteiger partial charge in [-0.1, -0.05) is 19.0 Å². The minimum atomic E-state index is -1.69. The summed E-state index contributed by atoms with van der Waals surface area (Å²) in [6, 6.07) is 1.57. The molecule has 1 rings (SSSR count). The van der Waals surface area contributed by atoms with E-state index in [9.17, 15) is 18.0 Å². The number of hydrogen-bond acceptors (Lipinski definition) is 3. The lowest BCUT2D eigenvalue weighted by Crippen LogP contribution is -2.38. The number of halogens is 3. The summed E-state index contributed by atoms with van der Waals surface area (Å²) in [5, 5.41) is 13.4. The van der Waals surface area contributed by atoms with E-state index in [1.807, 2.05) is 0 Å². The molecule has 4 N–H and O–H groups in total. The molecule has 0 fully saturated rings. The standard InChI is InChI=1S/C12H14F3N3O2/c1-5(2)8(11(16)18-20)12(19)17-7-4-3-6(13)9(14)10(7)15/h3-5,8,20H,1-2H3,(H2,16,18)(H,17,19). The highest BCUT2D eigenvalue weighted by atomic mass is 19.2. The van der Waals surface area contributed by atoms with Crippen LogP contribution in [-0.2, 0) is 4.79 Å². The summed E-state index contributed by atoms with van der Waals surface area (Å²) >= 11 is 0. The number of anilines is 1. The lowest BCUT2D eigenvalue weighted by molar-refractivity contribution is -0.119. The number of nitrogens with one attached hydrogen (secondary N) is 1. The zero-order chi connectivity index (χ0) is 15.4. The largest absolute Gasteiger partial charge is 0.409 e. The molecule has 20 heavy (non-hydrogen) atoms. The van der Waals surface area contributed by atoms with Crippen LogP contribution in [0.4, 0.5) is 18.9 Å². The smallest absolute Gasteiger partial charge is 0.235 e. The molecule has 0 saturated heterocycles. The Hall–Kier alpha value is -2.25. The first-order valence-electron chi connectivity index (χ1n) is 5.71. The second-order valence-electron chi connectivity index (χ2n) is 4.46. The van der Waals surface area contributed by atoms with Crippen molar-refractivity contribution in [2.75, 3.05) is 5.32 Å². The van der Waals surface area contributed by atoms with Gasteiger partial charge >= 0.3 is 0 Å². The highest BCUT2D eigenvalue weighted by molar-refractivity contribution is 6.07. The van der Waals surface area contributed by atoms with Crippen molar-refractivity contribution in [2.24, 2.45) is 22.7 Å². The number of benzene rings is 1. The van der Waals surface area contributed by atoms with Crippen LogP contribution in [0.5, 0.6) is 0 Å². The van der Waals surface area contributed by atoms with Gasteiger partial charge in [0.1, 0.15) is 5.92 Å². The van der Waals surface area contributed by atoms with Crippen LogP contribution in [0.1, 0.15) is 13.8 Å². The molecule has 0 spiro atoms. The Morgan fingerprint density at radius 1 is 1.30 bits per heavy atom. The SMILES string of the molecule is CC(C)C(C(=O)Nc1ccc(F)c(F)c1F)C(N)=NO.